The first-order valence-electron chi connectivity index (χ1n) is 6.73. The zero-order chi connectivity index (χ0) is 15.8. The number of carbonyl (C=O) groups is 3. The second kappa shape index (κ2) is 8.04. The smallest absolute Gasteiger partial charge is 0.308 e. The van der Waals surface area contributed by atoms with Gasteiger partial charge in [-0.05, 0) is 18.6 Å². The summed E-state index contributed by atoms with van der Waals surface area (Å²) in [5, 5.41) is 2.72. The van der Waals surface area contributed by atoms with E-state index < -0.39 is 11.9 Å². The summed E-state index contributed by atoms with van der Waals surface area (Å²) in [4.78, 5) is 34.4. The van der Waals surface area contributed by atoms with Gasteiger partial charge in [0.05, 0.1) is 5.56 Å². The van der Waals surface area contributed by atoms with Crippen molar-refractivity contribution < 1.29 is 23.9 Å². The molecular formula is C15H19NO5. The molecule has 0 radical (unpaired) electrons. The van der Waals surface area contributed by atoms with Crippen LogP contribution in [0.25, 0.3) is 0 Å². The average molecular weight is 293 g/mol. The molecule has 1 rings (SSSR count). The average Bonchev–Trinajstić information content (AvgIpc) is 2.39. The summed E-state index contributed by atoms with van der Waals surface area (Å²) in [6.07, 6.45) is 1.79. The lowest BCUT2D eigenvalue weighted by Gasteiger charge is -2.13. The maximum atomic E-state index is 12.1. The largest absolute Gasteiger partial charge is 0.423 e. The zero-order valence-electron chi connectivity index (χ0n) is 12.4. The Morgan fingerprint density at radius 3 is 2.33 bits per heavy atom. The van der Waals surface area contributed by atoms with Crippen LogP contribution in [0.4, 0.5) is 0 Å². The van der Waals surface area contributed by atoms with Crippen LogP contribution >= 0.6 is 0 Å². The molecule has 0 unspecified atom stereocenters. The number of carbonyl (C=O) groups excluding carboxylic acids is 3. The van der Waals surface area contributed by atoms with E-state index in [9.17, 15) is 14.4 Å². The fraction of sp³-hybridized carbons (Fsp3) is 0.400. The minimum Gasteiger partial charge on any atom is -0.423 e. The van der Waals surface area contributed by atoms with E-state index in [4.69, 9.17) is 9.47 Å². The van der Waals surface area contributed by atoms with E-state index in [0.29, 0.717) is 6.54 Å². The van der Waals surface area contributed by atoms with E-state index >= 15 is 0 Å². The Morgan fingerprint density at radius 1 is 1.10 bits per heavy atom. The predicted molar refractivity (Wildman–Crippen MR) is 76.3 cm³/mol. The van der Waals surface area contributed by atoms with Gasteiger partial charge >= 0.3 is 11.9 Å². The van der Waals surface area contributed by atoms with Crippen LogP contribution in [-0.4, -0.2) is 24.4 Å². The molecule has 114 valence electrons. The van der Waals surface area contributed by atoms with Gasteiger partial charge in [0, 0.05) is 20.4 Å². The van der Waals surface area contributed by atoms with Gasteiger partial charge < -0.3 is 14.8 Å². The van der Waals surface area contributed by atoms with Gasteiger partial charge in [-0.25, -0.2) is 0 Å². The van der Waals surface area contributed by atoms with Crippen LogP contribution < -0.4 is 14.8 Å². The molecular weight excluding hydrogens is 274 g/mol. The van der Waals surface area contributed by atoms with Crippen molar-refractivity contribution in [3.63, 3.8) is 0 Å². The highest BCUT2D eigenvalue weighted by atomic mass is 16.6. The number of hydrogen-bond acceptors (Lipinski definition) is 5. The molecule has 6 nitrogen and oxygen atoms in total. The zero-order valence-corrected chi connectivity index (χ0v) is 12.4. The lowest BCUT2D eigenvalue weighted by molar-refractivity contribution is -0.134. The number of hydrogen-bond donors (Lipinski definition) is 1. The van der Waals surface area contributed by atoms with E-state index in [1.807, 2.05) is 6.92 Å². The summed E-state index contributed by atoms with van der Waals surface area (Å²) in [5.41, 5.74) is 0.153. The van der Waals surface area contributed by atoms with Gasteiger partial charge in [-0.1, -0.05) is 19.4 Å². The van der Waals surface area contributed by atoms with Crippen molar-refractivity contribution in [3.8, 4) is 11.5 Å². The number of unbranched alkanes of at least 4 members (excludes halogenated alkanes) is 1. The van der Waals surface area contributed by atoms with Crippen molar-refractivity contribution in [2.45, 2.75) is 33.6 Å². The summed E-state index contributed by atoms with van der Waals surface area (Å²) in [6, 6.07) is 4.52. The Bertz CT molecular complexity index is 539. The van der Waals surface area contributed by atoms with Crippen LogP contribution in [0.15, 0.2) is 18.2 Å². The molecule has 0 saturated carbocycles. The van der Waals surface area contributed by atoms with Crippen molar-refractivity contribution in [3.05, 3.63) is 23.8 Å². The Labute approximate surface area is 123 Å². The Kier molecular flexibility index (Phi) is 6.39. The Hall–Kier alpha value is -2.37. The van der Waals surface area contributed by atoms with Gasteiger partial charge in [0.1, 0.15) is 0 Å². The Balaban J connectivity index is 3.08. The van der Waals surface area contributed by atoms with Gasteiger partial charge in [0.15, 0.2) is 11.5 Å². The van der Waals surface area contributed by atoms with Crippen LogP contribution in [-0.2, 0) is 9.59 Å². The van der Waals surface area contributed by atoms with Gasteiger partial charge in [-0.3, -0.25) is 14.4 Å². The quantitative estimate of drug-likeness (QED) is 0.493. The standard InChI is InChI=1S/C15H19NO5/c1-4-5-9-16-15(19)12-7-6-8-13(20-10(2)17)14(12)21-11(3)18/h6-8H,4-5,9H2,1-3H3,(H,16,19). The number of nitrogens with one attached hydrogen (secondary N) is 1. The van der Waals surface area contributed by atoms with Crippen LogP contribution in [0.5, 0.6) is 11.5 Å². The van der Waals surface area contributed by atoms with Crippen molar-refractivity contribution in [2.24, 2.45) is 0 Å². The minimum absolute atomic E-state index is 0.0424. The third-order valence-electron chi connectivity index (χ3n) is 2.54. The molecule has 0 aliphatic heterocycles. The van der Waals surface area contributed by atoms with Crippen LogP contribution in [0, 0.1) is 0 Å². The van der Waals surface area contributed by atoms with Gasteiger partial charge in [0.25, 0.3) is 5.91 Å². The SMILES string of the molecule is CCCCNC(=O)c1cccc(OC(C)=O)c1OC(C)=O. The molecule has 0 spiro atoms. The van der Waals surface area contributed by atoms with E-state index in [1.54, 1.807) is 6.07 Å². The predicted octanol–water partition coefficient (Wildman–Crippen LogP) is 2.07. The van der Waals surface area contributed by atoms with Crippen LogP contribution in [0.2, 0.25) is 0 Å². The molecule has 0 aromatic heterocycles. The second-order valence-corrected chi connectivity index (χ2v) is 4.43. The number of esters is 2. The lowest BCUT2D eigenvalue weighted by Crippen LogP contribution is -2.25. The van der Waals surface area contributed by atoms with Crippen molar-refractivity contribution in [2.75, 3.05) is 6.54 Å². The minimum atomic E-state index is -0.600. The first kappa shape index (κ1) is 16.7. The van der Waals surface area contributed by atoms with Crippen molar-refractivity contribution >= 4 is 17.8 Å². The topological polar surface area (TPSA) is 81.7 Å². The van der Waals surface area contributed by atoms with Crippen molar-refractivity contribution in [1.82, 2.24) is 5.32 Å². The summed E-state index contributed by atoms with van der Waals surface area (Å²) in [5.74, 6) is -1.55. The number of ether oxygens (including phenoxy) is 2. The maximum Gasteiger partial charge on any atom is 0.308 e. The summed E-state index contributed by atoms with van der Waals surface area (Å²) >= 11 is 0. The molecule has 6 heteroatoms. The first-order chi connectivity index (χ1) is 9.95. The molecule has 0 aliphatic carbocycles. The second-order valence-electron chi connectivity index (χ2n) is 4.43. The number of para-hydroxylation sites is 1. The molecule has 1 aromatic carbocycles. The third-order valence-corrected chi connectivity index (χ3v) is 2.54. The van der Waals surface area contributed by atoms with E-state index in [0.717, 1.165) is 12.8 Å². The van der Waals surface area contributed by atoms with Crippen LogP contribution in [0.3, 0.4) is 0 Å². The van der Waals surface area contributed by atoms with Crippen molar-refractivity contribution in [1.29, 1.82) is 0 Å². The third kappa shape index (κ3) is 5.25. The molecule has 21 heavy (non-hydrogen) atoms. The molecule has 0 aliphatic rings. The monoisotopic (exact) mass is 293 g/mol. The van der Waals surface area contributed by atoms with Gasteiger partial charge in [-0.2, -0.15) is 0 Å². The summed E-state index contributed by atoms with van der Waals surface area (Å²) in [7, 11) is 0. The fourth-order valence-corrected chi connectivity index (χ4v) is 1.65. The lowest BCUT2D eigenvalue weighted by atomic mass is 10.1. The normalized spacial score (nSPS) is 9.86. The number of rotatable bonds is 6. The molecule has 1 aromatic rings. The van der Waals surface area contributed by atoms with E-state index in [1.165, 1.54) is 26.0 Å². The molecule has 0 bridgehead atoms. The fourth-order valence-electron chi connectivity index (χ4n) is 1.65. The first-order valence-corrected chi connectivity index (χ1v) is 6.73. The molecule has 0 heterocycles. The summed E-state index contributed by atoms with van der Waals surface area (Å²) in [6.45, 7) is 4.97. The number of amides is 1. The molecule has 0 fully saturated rings. The number of benzene rings is 1. The summed E-state index contributed by atoms with van der Waals surface area (Å²) < 4.78 is 9.99. The van der Waals surface area contributed by atoms with E-state index in [-0.39, 0.29) is 23.0 Å². The van der Waals surface area contributed by atoms with E-state index in [2.05, 4.69) is 5.32 Å². The maximum absolute atomic E-state index is 12.1. The van der Waals surface area contributed by atoms with Crippen LogP contribution in [0.1, 0.15) is 44.0 Å². The molecule has 1 amide bonds. The molecule has 0 atom stereocenters. The van der Waals surface area contributed by atoms with Gasteiger partial charge in [-0.15, -0.1) is 0 Å². The highest BCUT2D eigenvalue weighted by Crippen LogP contribution is 2.31. The highest BCUT2D eigenvalue weighted by Gasteiger charge is 2.19. The molecule has 0 saturated heterocycles. The Morgan fingerprint density at radius 2 is 1.76 bits per heavy atom. The highest BCUT2D eigenvalue weighted by molar-refractivity contribution is 5.98. The molecule has 1 N–H and O–H groups in total. The van der Waals surface area contributed by atoms with Gasteiger partial charge in [0.2, 0.25) is 0 Å².